The molecule has 10 heteroatoms. The Kier molecular flexibility index (Phi) is 5.12. The number of alkyl halides is 3. The molecule has 0 radical (unpaired) electrons. The number of amides is 1. The van der Waals surface area contributed by atoms with E-state index in [1.807, 2.05) is 5.32 Å². The molecule has 1 aromatic heterocycles. The van der Waals surface area contributed by atoms with Gasteiger partial charge in [-0.15, -0.1) is 0 Å². The third kappa shape index (κ3) is 5.03. The van der Waals surface area contributed by atoms with E-state index >= 15 is 0 Å². The maximum Gasteiger partial charge on any atom is 0.401 e. The highest BCUT2D eigenvalue weighted by atomic mass is 35.5. The number of anilines is 1. The average Bonchev–Trinajstić information content (AvgIpc) is 2.23. The van der Waals surface area contributed by atoms with Crippen molar-refractivity contribution in [1.82, 2.24) is 15.3 Å². The van der Waals surface area contributed by atoms with Gasteiger partial charge in [0, 0.05) is 0 Å². The van der Waals surface area contributed by atoms with E-state index in [2.05, 4.69) is 15.3 Å². The molecule has 0 unspecified atom stereocenters. The first kappa shape index (κ1) is 14.9. The fourth-order valence-electron chi connectivity index (χ4n) is 0.930. The summed E-state index contributed by atoms with van der Waals surface area (Å²) in [5, 5.41) is 3.98. The molecular formula is C8H7Cl2F3N4O. The average molecular weight is 303 g/mol. The summed E-state index contributed by atoms with van der Waals surface area (Å²) < 4.78 is 35.4. The fraction of sp³-hybridized carbons (Fsp3) is 0.375. The van der Waals surface area contributed by atoms with Crippen molar-refractivity contribution in [2.75, 3.05) is 18.4 Å². The van der Waals surface area contributed by atoms with Gasteiger partial charge < -0.3 is 10.6 Å². The minimum absolute atomic E-state index is 0.0597. The van der Waals surface area contributed by atoms with Crippen LogP contribution < -0.4 is 10.6 Å². The smallest absolute Gasteiger partial charge is 0.308 e. The van der Waals surface area contributed by atoms with Gasteiger partial charge in [-0.3, -0.25) is 4.79 Å². The number of halogens is 5. The van der Waals surface area contributed by atoms with E-state index in [1.54, 1.807) is 0 Å². The monoisotopic (exact) mass is 302 g/mol. The van der Waals surface area contributed by atoms with Gasteiger partial charge in [-0.25, -0.2) is 9.97 Å². The molecule has 0 spiro atoms. The number of carbonyl (C=O) groups excluding carboxylic acids is 1. The number of nitrogens with zero attached hydrogens (tertiary/aromatic N) is 2. The second kappa shape index (κ2) is 6.17. The van der Waals surface area contributed by atoms with Crippen LogP contribution in [0.5, 0.6) is 0 Å². The predicted octanol–water partition coefficient (Wildman–Crippen LogP) is 1.87. The fourth-order valence-corrected chi connectivity index (χ4v) is 1.21. The van der Waals surface area contributed by atoms with Crippen molar-refractivity contribution in [1.29, 1.82) is 0 Å². The molecule has 18 heavy (non-hydrogen) atoms. The highest BCUT2D eigenvalue weighted by Gasteiger charge is 2.26. The van der Waals surface area contributed by atoms with E-state index in [9.17, 15) is 18.0 Å². The van der Waals surface area contributed by atoms with E-state index in [4.69, 9.17) is 23.2 Å². The topological polar surface area (TPSA) is 66.9 Å². The highest BCUT2D eigenvalue weighted by molar-refractivity contribution is 6.42. The van der Waals surface area contributed by atoms with E-state index in [-0.39, 0.29) is 16.0 Å². The van der Waals surface area contributed by atoms with Crippen LogP contribution in [0, 0.1) is 0 Å². The van der Waals surface area contributed by atoms with Crippen molar-refractivity contribution in [3.63, 3.8) is 0 Å². The Morgan fingerprint density at radius 1 is 1.33 bits per heavy atom. The van der Waals surface area contributed by atoms with Crippen LogP contribution in [-0.4, -0.2) is 35.1 Å². The summed E-state index contributed by atoms with van der Waals surface area (Å²) >= 11 is 11.2. The Balaban J connectivity index is 2.48. The molecule has 0 bridgehead atoms. The third-order valence-corrected chi connectivity index (χ3v) is 2.36. The van der Waals surface area contributed by atoms with Gasteiger partial charge in [-0.1, -0.05) is 23.2 Å². The summed E-state index contributed by atoms with van der Waals surface area (Å²) in [5.41, 5.74) is 0. The first-order valence-corrected chi connectivity index (χ1v) is 5.28. The molecule has 1 rings (SSSR count). The van der Waals surface area contributed by atoms with Crippen LogP contribution in [0.15, 0.2) is 6.33 Å². The normalized spacial score (nSPS) is 11.4. The number of nitrogens with one attached hydrogen (secondary N) is 2. The van der Waals surface area contributed by atoms with Crippen molar-refractivity contribution in [3.05, 3.63) is 16.5 Å². The van der Waals surface area contributed by atoms with Crippen LogP contribution in [-0.2, 0) is 4.79 Å². The summed E-state index contributed by atoms with van der Waals surface area (Å²) in [7, 11) is 0. The third-order valence-electron chi connectivity index (χ3n) is 1.62. The molecular weight excluding hydrogens is 296 g/mol. The van der Waals surface area contributed by atoms with Crippen LogP contribution in [0.3, 0.4) is 0 Å². The Morgan fingerprint density at radius 2 is 2.00 bits per heavy atom. The van der Waals surface area contributed by atoms with Gasteiger partial charge in [-0.05, 0) is 0 Å². The Labute approximate surface area is 110 Å². The lowest BCUT2D eigenvalue weighted by atomic mass is 10.5. The molecule has 0 saturated carbocycles. The summed E-state index contributed by atoms with van der Waals surface area (Å²) in [6, 6.07) is 0. The number of hydrogen-bond donors (Lipinski definition) is 2. The zero-order valence-corrected chi connectivity index (χ0v) is 10.2. The van der Waals surface area contributed by atoms with Crippen molar-refractivity contribution >= 4 is 34.9 Å². The Hall–Kier alpha value is -1.12. The van der Waals surface area contributed by atoms with Crippen molar-refractivity contribution in [3.8, 4) is 0 Å². The van der Waals surface area contributed by atoms with Gasteiger partial charge in [0.1, 0.15) is 11.3 Å². The molecule has 2 N–H and O–H groups in total. The summed E-state index contributed by atoms with van der Waals surface area (Å²) in [6.45, 7) is -1.80. The lowest BCUT2D eigenvalue weighted by Gasteiger charge is -2.09. The molecule has 0 fully saturated rings. The molecule has 0 aliphatic rings. The maximum absolute atomic E-state index is 11.8. The van der Waals surface area contributed by atoms with Crippen molar-refractivity contribution in [2.45, 2.75) is 6.18 Å². The molecule has 1 aromatic rings. The standard InChI is InChI=1S/C8H7Cl2F3N4O/c9-5-6(10)15-3-16-7(5)17-4(18)1-14-2-8(11,12)13/h3,14H,1-2H2,(H,15,16,17,18). The minimum Gasteiger partial charge on any atom is -0.308 e. The van der Waals surface area contributed by atoms with Gasteiger partial charge in [0.2, 0.25) is 5.91 Å². The number of aromatic nitrogens is 2. The summed E-state index contributed by atoms with van der Waals surface area (Å²) in [4.78, 5) is 18.4. The van der Waals surface area contributed by atoms with Crippen LogP contribution in [0.25, 0.3) is 0 Å². The summed E-state index contributed by atoms with van der Waals surface area (Å²) in [5.74, 6) is -0.786. The zero-order valence-electron chi connectivity index (χ0n) is 8.68. The van der Waals surface area contributed by atoms with E-state index in [0.29, 0.717) is 0 Å². The van der Waals surface area contributed by atoms with Gasteiger partial charge in [0.15, 0.2) is 11.0 Å². The molecule has 0 aliphatic carbocycles. The maximum atomic E-state index is 11.8. The predicted molar refractivity (Wildman–Crippen MR) is 59.6 cm³/mol. The summed E-state index contributed by atoms with van der Waals surface area (Å²) in [6.07, 6.45) is -3.32. The van der Waals surface area contributed by atoms with Crippen LogP contribution in [0.4, 0.5) is 19.0 Å². The second-order valence-electron chi connectivity index (χ2n) is 3.09. The first-order chi connectivity index (χ1) is 8.29. The molecule has 0 atom stereocenters. The van der Waals surface area contributed by atoms with Gasteiger partial charge in [0.25, 0.3) is 0 Å². The highest BCUT2D eigenvalue weighted by Crippen LogP contribution is 2.25. The van der Waals surface area contributed by atoms with E-state index < -0.39 is 25.2 Å². The molecule has 100 valence electrons. The van der Waals surface area contributed by atoms with E-state index in [1.165, 1.54) is 0 Å². The lowest BCUT2D eigenvalue weighted by Crippen LogP contribution is -2.35. The lowest BCUT2D eigenvalue weighted by molar-refractivity contribution is -0.126. The zero-order chi connectivity index (χ0) is 13.8. The van der Waals surface area contributed by atoms with Crippen molar-refractivity contribution < 1.29 is 18.0 Å². The van der Waals surface area contributed by atoms with Crippen LogP contribution in [0.1, 0.15) is 0 Å². The number of rotatable bonds is 4. The van der Waals surface area contributed by atoms with E-state index in [0.717, 1.165) is 6.33 Å². The number of hydrogen-bond acceptors (Lipinski definition) is 4. The molecule has 1 heterocycles. The Bertz CT molecular complexity index is 441. The molecule has 1 amide bonds. The quantitative estimate of drug-likeness (QED) is 0.833. The molecule has 0 aromatic carbocycles. The first-order valence-electron chi connectivity index (χ1n) is 4.53. The SMILES string of the molecule is O=C(CNCC(F)(F)F)Nc1ncnc(Cl)c1Cl. The minimum atomic E-state index is -4.38. The Morgan fingerprint density at radius 3 is 2.61 bits per heavy atom. The molecule has 0 aliphatic heterocycles. The van der Waals surface area contributed by atoms with Crippen molar-refractivity contribution in [2.24, 2.45) is 0 Å². The van der Waals surface area contributed by atoms with Gasteiger partial charge in [0.05, 0.1) is 13.1 Å². The van der Waals surface area contributed by atoms with Crippen LogP contribution in [0.2, 0.25) is 10.2 Å². The molecule has 5 nitrogen and oxygen atoms in total. The van der Waals surface area contributed by atoms with Crippen LogP contribution >= 0.6 is 23.2 Å². The number of carbonyl (C=O) groups is 1. The van der Waals surface area contributed by atoms with Gasteiger partial charge in [-0.2, -0.15) is 13.2 Å². The largest absolute Gasteiger partial charge is 0.401 e. The van der Waals surface area contributed by atoms with Gasteiger partial charge >= 0.3 is 6.18 Å². The second-order valence-corrected chi connectivity index (χ2v) is 3.83. The molecule has 0 saturated heterocycles.